The Bertz CT molecular complexity index is 1480. The van der Waals surface area contributed by atoms with Crippen molar-refractivity contribution in [1.29, 1.82) is 0 Å². The number of hydrogen-bond acceptors (Lipinski definition) is 5. The molecule has 0 saturated carbocycles. The van der Waals surface area contributed by atoms with Gasteiger partial charge < -0.3 is 4.57 Å². The second-order valence-electron chi connectivity index (χ2n) is 8.16. The predicted octanol–water partition coefficient (Wildman–Crippen LogP) is 3.42. The number of para-hydroxylation sites is 2. The highest BCUT2D eigenvalue weighted by Crippen LogP contribution is 2.38. The van der Waals surface area contributed by atoms with Crippen LogP contribution < -0.4 is 4.90 Å². The van der Waals surface area contributed by atoms with Crippen LogP contribution in [0.25, 0.3) is 16.8 Å². The Hall–Kier alpha value is -4.07. The molecule has 2 aromatic carbocycles. The maximum absolute atomic E-state index is 13.6. The number of rotatable bonds is 3. The standard InChI is InChI=1S/C24H21N7O/c1-15-12-16(2)31-23(25-15)27-21(28-31)13-22(32)30-20(17-8-4-3-5-9-17)14-29-19-11-7-6-10-18(19)26-24(29)30/h3-12,20H,13-14H2,1-2H3/t20-/m0/s1. The van der Waals surface area contributed by atoms with Crippen LogP contribution in [0.2, 0.25) is 0 Å². The van der Waals surface area contributed by atoms with Crippen LogP contribution in [-0.4, -0.2) is 35.0 Å². The quantitative estimate of drug-likeness (QED) is 0.444. The summed E-state index contributed by atoms with van der Waals surface area (Å²) in [5.41, 5.74) is 4.79. The number of aromatic nitrogens is 6. The molecule has 6 rings (SSSR count). The molecule has 0 fully saturated rings. The maximum Gasteiger partial charge on any atom is 0.252 e. The van der Waals surface area contributed by atoms with Crippen LogP contribution in [0.15, 0.2) is 60.7 Å². The van der Waals surface area contributed by atoms with Crippen LogP contribution in [0.4, 0.5) is 5.95 Å². The van der Waals surface area contributed by atoms with Crippen LogP contribution in [0.1, 0.15) is 28.8 Å². The first-order valence-corrected chi connectivity index (χ1v) is 10.6. The summed E-state index contributed by atoms with van der Waals surface area (Å²) in [6.07, 6.45) is 0.0778. The van der Waals surface area contributed by atoms with Crippen molar-refractivity contribution in [1.82, 2.24) is 29.1 Å². The number of benzene rings is 2. The summed E-state index contributed by atoms with van der Waals surface area (Å²) >= 11 is 0. The highest BCUT2D eigenvalue weighted by atomic mass is 16.2. The fraction of sp³-hybridized carbons (Fsp3) is 0.208. The van der Waals surface area contributed by atoms with E-state index in [9.17, 15) is 4.79 Å². The van der Waals surface area contributed by atoms with Crippen molar-refractivity contribution in [3.8, 4) is 0 Å². The minimum absolute atomic E-state index is 0.0778. The fourth-order valence-corrected chi connectivity index (χ4v) is 4.54. The molecule has 8 nitrogen and oxygen atoms in total. The molecule has 158 valence electrons. The van der Waals surface area contributed by atoms with E-state index in [1.807, 2.05) is 62.4 Å². The molecule has 1 atom stereocenters. The van der Waals surface area contributed by atoms with Gasteiger partial charge in [0, 0.05) is 11.4 Å². The lowest BCUT2D eigenvalue weighted by molar-refractivity contribution is -0.118. The Morgan fingerprint density at radius 2 is 1.78 bits per heavy atom. The van der Waals surface area contributed by atoms with Crippen molar-refractivity contribution >= 4 is 28.7 Å². The van der Waals surface area contributed by atoms with Crippen LogP contribution in [0.5, 0.6) is 0 Å². The normalized spacial score (nSPS) is 15.6. The smallest absolute Gasteiger partial charge is 0.252 e. The highest BCUT2D eigenvalue weighted by Gasteiger charge is 2.38. The summed E-state index contributed by atoms with van der Waals surface area (Å²) in [5.74, 6) is 1.55. The number of nitrogens with zero attached hydrogens (tertiary/aromatic N) is 7. The minimum Gasteiger partial charge on any atom is -0.307 e. The Morgan fingerprint density at radius 1 is 1.00 bits per heavy atom. The Morgan fingerprint density at radius 3 is 2.62 bits per heavy atom. The molecule has 5 aromatic rings. The first-order valence-electron chi connectivity index (χ1n) is 10.6. The van der Waals surface area contributed by atoms with Crippen LogP contribution in [0, 0.1) is 13.8 Å². The lowest BCUT2D eigenvalue weighted by Crippen LogP contribution is -2.34. The van der Waals surface area contributed by atoms with Crippen LogP contribution >= 0.6 is 0 Å². The van der Waals surface area contributed by atoms with Gasteiger partial charge in [-0.05, 0) is 37.6 Å². The minimum atomic E-state index is -0.130. The Balaban J connectivity index is 1.41. The molecule has 0 N–H and O–H groups in total. The van der Waals surface area contributed by atoms with E-state index in [1.54, 1.807) is 9.42 Å². The van der Waals surface area contributed by atoms with Gasteiger partial charge in [0.1, 0.15) is 0 Å². The number of carbonyl (C=O) groups is 1. The number of aryl methyl sites for hydroxylation is 2. The molecule has 0 saturated heterocycles. The molecule has 32 heavy (non-hydrogen) atoms. The van der Waals surface area contributed by atoms with Gasteiger partial charge in [-0.1, -0.05) is 42.5 Å². The molecule has 3 aromatic heterocycles. The topological polar surface area (TPSA) is 81.2 Å². The second-order valence-corrected chi connectivity index (χ2v) is 8.16. The van der Waals surface area contributed by atoms with Crippen molar-refractivity contribution in [2.45, 2.75) is 32.9 Å². The number of imidazole rings is 1. The van der Waals surface area contributed by atoms with Gasteiger partial charge in [-0.3, -0.25) is 9.69 Å². The van der Waals surface area contributed by atoms with Gasteiger partial charge in [0.2, 0.25) is 11.9 Å². The van der Waals surface area contributed by atoms with E-state index in [4.69, 9.17) is 4.98 Å². The van der Waals surface area contributed by atoms with E-state index in [0.717, 1.165) is 28.0 Å². The van der Waals surface area contributed by atoms with Crippen molar-refractivity contribution < 1.29 is 4.79 Å². The van der Waals surface area contributed by atoms with Gasteiger partial charge >= 0.3 is 0 Å². The molecule has 1 aliphatic heterocycles. The third-order valence-electron chi connectivity index (χ3n) is 5.94. The number of fused-ring (bicyclic) bond motifs is 4. The van der Waals surface area contributed by atoms with E-state index in [2.05, 4.69) is 31.8 Å². The van der Waals surface area contributed by atoms with Gasteiger partial charge in [-0.2, -0.15) is 4.98 Å². The summed E-state index contributed by atoms with van der Waals surface area (Å²) in [5, 5.41) is 4.53. The molecule has 1 amide bonds. The van der Waals surface area contributed by atoms with Crippen LogP contribution in [0.3, 0.4) is 0 Å². The van der Waals surface area contributed by atoms with Crippen LogP contribution in [-0.2, 0) is 17.8 Å². The number of hydrogen-bond donors (Lipinski definition) is 0. The first kappa shape index (κ1) is 18.7. The average Bonchev–Trinajstić information content (AvgIpc) is 3.45. The summed E-state index contributed by atoms with van der Waals surface area (Å²) in [6.45, 7) is 4.53. The van der Waals surface area contributed by atoms with E-state index in [0.29, 0.717) is 24.1 Å². The molecule has 0 radical (unpaired) electrons. The Kier molecular flexibility index (Phi) is 4.07. The molecular weight excluding hydrogens is 402 g/mol. The maximum atomic E-state index is 13.6. The van der Waals surface area contributed by atoms with Gasteiger partial charge in [-0.25, -0.2) is 14.5 Å². The molecule has 0 bridgehead atoms. The van der Waals surface area contributed by atoms with E-state index < -0.39 is 0 Å². The molecule has 0 unspecified atom stereocenters. The number of amides is 1. The zero-order chi connectivity index (χ0) is 21.8. The summed E-state index contributed by atoms with van der Waals surface area (Å²) in [7, 11) is 0. The fourth-order valence-electron chi connectivity index (χ4n) is 4.54. The lowest BCUT2D eigenvalue weighted by Gasteiger charge is -2.23. The SMILES string of the molecule is Cc1cc(C)n2nc(CC(=O)N3c4nc5ccccc5n4C[C@H]3c3ccccc3)nc2n1. The third-order valence-corrected chi connectivity index (χ3v) is 5.94. The molecule has 0 aliphatic carbocycles. The van der Waals surface area contributed by atoms with Gasteiger partial charge in [-0.15, -0.1) is 5.10 Å². The molecule has 4 heterocycles. The van der Waals surface area contributed by atoms with E-state index in [-0.39, 0.29) is 18.4 Å². The predicted molar refractivity (Wildman–Crippen MR) is 120 cm³/mol. The molecule has 1 aliphatic rings. The van der Waals surface area contributed by atoms with Gasteiger partial charge in [0.25, 0.3) is 5.78 Å². The Labute approximate surface area is 184 Å². The third kappa shape index (κ3) is 2.87. The zero-order valence-electron chi connectivity index (χ0n) is 17.8. The lowest BCUT2D eigenvalue weighted by atomic mass is 10.1. The largest absolute Gasteiger partial charge is 0.307 e. The van der Waals surface area contributed by atoms with E-state index in [1.165, 1.54) is 0 Å². The number of anilines is 1. The molecular formula is C24H21N7O. The summed E-state index contributed by atoms with van der Waals surface area (Å²) in [4.78, 5) is 29.2. The first-order chi connectivity index (χ1) is 15.6. The monoisotopic (exact) mass is 423 g/mol. The average molecular weight is 423 g/mol. The van der Waals surface area contributed by atoms with Crippen molar-refractivity contribution in [2.24, 2.45) is 0 Å². The molecule has 8 heteroatoms. The number of carbonyl (C=O) groups excluding carboxylic acids is 1. The van der Waals surface area contributed by atoms with Crippen molar-refractivity contribution in [3.05, 3.63) is 83.4 Å². The highest BCUT2D eigenvalue weighted by molar-refractivity contribution is 5.96. The van der Waals surface area contributed by atoms with Gasteiger partial charge in [0.05, 0.1) is 30.0 Å². The zero-order valence-corrected chi connectivity index (χ0v) is 17.8. The van der Waals surface area contributed by atoms with Crippen molar-refractivity contribution in [2.75, 3.05) is 4.90 Å². The summed E-state index contributed by atoms with van der Waals surface area (Å²) in [6, 6.07) is 19.9. The van der Waals surface area contributed by atoms with E-state index >= 15 is 0 Å². The van der Waals surface area contributed by atoms with Crippen molar-refractivity contribution in [3.63, 3.8) is 0 Å². The second kappa shape index (κ2) is 6.98. The van der Waals surface area contributed by atoms with Gasteiger partial charge in [0.15, 0.2) is 5.82 Å². The molecule has 0 spiro atoms. The summed E-state index contributed by atoms with van der Waals surface area (Å²) < 4.78 is 3.81.